The number of ether oxygens (including phenoxy) is 1. The van der Waals surface area contributed by atoms with Gasteiger partial charge < -0.3 is 25.4 Å². The van der Waals surface area contributed by atoms with E-state index < -0.39 is 24.0 Å². The lowest BCUT2D eigenvalue weighted by atomic mass is 9.98. The summed E-state index contributed by atoms with van der Waals surface area (Å²) in [7, 11) is 0. The first-order valence-corrected chi connectivity index (χ1v) is 12.2. The van der Waals surface area contributed by atoms with Crippen LogP contribution in [0.3, 0.4) is 0 Å². The molecule has 190 valence electrons. The zero-order valence-electron chi connectivity index (χ0n) is 20.0. The first-order valence-electron chi connectivity index (χ1n) is 12.2. The second kappa shape index (κ2) is 11.4. The normalized spacial score (nSPS) is 19.1. The van der Waals surface area contributed by atoms with Gasteiger partial charge in [0.25, 0.3) is 0 Å². The number of nitrogens with two attached hydrogens (primary N) is 1. The van der Waals surface area contributed by atoms with Crippen LogP contribution in [0.2, 0.25) is 0 Å². The minimum Gasteiger partial charge on any atom is -0.492 e. The summed E-state index contributed by atoms with van der Waals surface area (Å²) in [6.07, 6.45) is 3.68. The number of nitrogens with zero attached hydrogens (tertiary/aromatic N) is 4. The van der Waals surface area contributed by atoms with E-state index in [2.05, 4.69) is 11.1 Å². The van der Waals surface area contributed by atoms with Crippen LogP contribution in [0.15, 0.2) is 36.5 Å². The number of pyridine rings is 1. The molecule has 2 aliphatic rings. The predicted octanol–water partition coefficient (Wildman–Crippen LogP) is 3.04. The molecule has 10 heteroatoms. The Labute approximate surface area is 209 Å². The number of hydrogen-bond donors (Lipinski definition) is 2. The quantitative estimate of drug-likeness (QED) is 0.603. The number of aromatic nitrogens is 1. The van der Waals surface area contributed by atoms with Gasteiger partial charge in [-0.15, -0.1) is 0 Å². The molecule has 0 radical (unpaired) electrons. The third kappa shape index (κ3) is 5.91. The van der Waals surface area contributed by atoms with E-state index >= 15 is 0 Å². The average Bonchev–Trinajstić information content (AvgIpc) is 3.37. The highest BCUT2D eigenvalue weighted by Crippen LogP contribution is 2.25. The Bertz CT molecular complexity index is 1130. The van der Waals surface area contributed by atoms with Gasteiger partial charge >= 0.3 is 6.09 Å². The highest BCUT2D eigenvalue weighted by atomic mass is 19.1. The van der Waals surface area contributed by atoms with E-state index in [-0.39, 0.29) is 18.2 Å². The van der Waals surface area contributed by atoms with Crippen LogP contribution >= 0.6 is 0 Å². The fraction of sp³-hybridized carbons (Fsp3) is 0.462. The number of nitriles is 1. The molecule has 2 fully saturated rings. The van der Waals surface area contributed by atoms with Crippen molar-refractivity contribution in [3.05, 3.63) is 47.9 Å². The van der Waals surface area contributed by atoms with Crippen LogP contribution in [-0.4, -0.2) is 70.2 Å². The molecule has 0 aliphatic carbocycles. The SMILES string of the molecule is N#C[C@@H]1CCCN1C(=O)[C@@H](N)Cc1ccc(-c2ccc(OCC3CCN(C(=O)O)CC3)cn2)cc1F. The average molecular weight is 496 g/mol. The number of amides is 2. The molecule has 2 aromatic rings. The Balaban J connectivity index is 1.31. The van der Waals surface area contributed by atoms with E-state index in [1.807, 2.05) is 0 Å². The summed E-state index contributed by atoms with van der Waals surface area (Å²) in [6, 6.07) is 9.00. The number of hydrogen-bond acceptors (Lipinski definition) is 6. The molecule has 4 rings (SSSR count). The Hall–Kier alpha value is -3.71. The van der Waals surface area contributed by atoms with Crippen molar-refractivity contribution in [1.29, 1.82) is 5.26 Å². The summed E-state index contributed by atoms with van der Waals surface area (Å²) < 4.78 is 20.7. The summed E-state index contributed by atoms with van der Waals surface area (Å²) in [4.78, 5) is 30.9. The van der Waals surface area contributed by atoms with E-state index in [9.17, 15) is 19.2 Å². The van der Waals surface area contributed by atoms with Gasteiger partial charge in [0.05, 0.1) is 30.6 Å². The summed E-state index contributed by atoms with van der Waals surface area (Å²) in [5, 5.41) is 18.2. The van der Waals surface area contributed by atoms with E-state index in [1.54, 1.807) is 30.5 Å². The van der Waals surface area contributed by atoms with E-state index in [0.717, 1.165) is 19.3 Å². The largest absolute Gasteiger partial charge is 0.492 e. The van der Waals surface area contributed by atoms with Crippen molar-refractivity contribution < 1.29 is 23.8 Å². The second-order valence-corrected chi connectivity index (χ2v) is 9.34. The standard InChI is InChI=1S/C26H30FN5O4/c27-22-12-19(4-3-18(22)13-23(29)25(33)32-9-1-2-20(32)14-28)24-6-5-21(15-30-24)36-16-17-7-10-31(11-8-17)26(34)35/h3-6,12,15,17,20,23H,1-2,7-11,13,16,29H2,(H,34,35)/t20-,23-/m0/s1. The van der Waals surface area contributed by atoms with Crippen molar-refractivity contribution in [2.45, 2.75) is 44.2 Å². The zero-order chi connectivity index (χ0) is 25.7. The monoisotopic (exact) mass is 495 g/mol. The number of likely N-dealkylation sites (tertiary alicyclic amines) is 2. The number of carboxylic acid groups (broad SMARTS) is 1. The van der Waals surface area contributed by atoms with Crippen molar-refractivity contribution in [3.8, 4) is 23.1 Å². The number of benzene rings is 1. The minimum absolute atomic E-state index is 0.0468. The number of carbonyl (C=O) groups excluding carboxylic acids is 1. The molecule has 1 aromatic heterocycles. The number of carbonyl (C=O) groups is 2. The van der Waals surface area contributed by atoms with Crippen molar-refractivity contribution in [1.82, 2.24) is 14.8 Å². The van der Waals surface area contributed by atoms with Crippen molar-refractivity contribution in [2.24, 2.45) is 11.7 Å². The molecule has 0 saturated carbocycles. The van der Waals surface area contributed by atoms with Gasteiger partial charge in [0.2, 0.25) is 5.91 Å². The first-order chi connectivity index (χ1) is 17.4. The zero-order valence-corrected chi connectivity index (χ0v) is 20.0. The third-order valence-electron chi connectivity index (χ3n) is 6.90. The van der Waals surface area contributed by atoms with E-state index in [4.69, 9.17) is 15.6 Å². The molecule has 1 aromatic carbocycles. The Morgan fingerprint density at radius 2 is 2.00 bits per heavy atom. The highest BCUT2D eigenvalue weighted by molar-refractivity contribution is 5.83. The summed E-state index contributed by atoms with van der Waals surface area (Å²) >= 11 is 0. The maximum absolute atomic E-state index is 14.8. The second-order valence-electron chi connectivity index (χ2n) is 9.34. The predicted molar refractivity (Wildman–Crippen MR) is 129 cm³/mol. The minimum atomic E-state index is -0.912. The number of piperidine rings is 1. The number of rotatable bonds is 7. The molecule has 2 aliphatic heterocycles. The Morgan fingerprint density at radius 1 is 1.22 bits per heavy atom. The molecule has 36 heavy (non-hydrogen) atoms. The van der Waals surface area contributed by atoms with Crippen LogP contribution in [0.25, 0.3) is 11.3 Å². The van der Waals surface area contributed by atoms with E-state index in [1.165, 1.54) is 15.9 Å². The molecule has 2 amide bonds. The topological polar surface area (TPSA) is 133 Å². The van der Waals surface area contributed by atoms with Crippen molar-refractivity contribution in [2.75, 3.05) is 26.2 Å². The fourth-order valence-electron chi connectivity index (χ4n) is 4.72. The van der Waals surface area contributed by atoms with Gasteiger partial charge in [-0.1, -0.05) is 12.1 Å². The van der Waals surface area contributed by atoms with Crippen LogP contribution in [0, 0.1) is 23.1 Å². The lowest BCUT2D eigenvalue weighted by Gasteiger charge is -2.29. The van der Waals surface area contributed by atoms with Gasteiger partial charge in [-0.05, 0) is 61.8 Å². The van der Waals surface area contributed by atoms with Gasteiger partial charge in [0, 0.05) is 25.2 Å². The van der Waals surface area contributed by atoms with Gasteiger partial charge in [-0.25, -0.2) is 9.18 Å². The van der Waals surface area contributed by atoms with Crippen molar-refractivity contribution >= 4 is 12.0 Å². The maximum atomic E-state index is 14.8. The van der Waals surface area contributed by atoms with Crippen LogP contribution in [0.1, 0.15) is 31.2 Å². The molecule has 9 nitrogen and oxygen atoms in total. The Morgan fingerprint density at radius 3 is 2.64 bits per heavy atom. The molecule has 2 saturated heterocycles. The van der Waals surface area contributed by atoms with Gasteiger partial charge in [-0.3, -0.25) is 9.78 Å². The van der Waals surface area contributed by atoms with Crippen LogP contribution < -0.4 is 10.5 Å². The number of halogens is 1. The van der Waals surface area contributed by atoms with E-state index in [0.29, 0.717) is 55.2 Å². The Kier molecular flexibility index (Phi) is 8.00. The molecule has 3 heterocycles. The maximum Gasteiger partial charge on any atom is 0.407 e. The molecular weight excluding hydrogens is 465 g/mol. The highest BCUT2D eigenvalue weighted by Gasteiger charge is 2.32. The lowest BCUT2D eigenvalue weighted by molar-refractivity contribution is -0.132. The third-order valence-corrected chi connectivity index (χ3v) is 6.90. The first kappa shape index (κ1) is 25.4. The molecular formula is C26H30FN5O4. The lowest BCUT2D eigenvalue weighted by Crippen LogP contribution is -2.46. The summed E-state index contributed by atoms with van der Waals surface area (Å²) in [5.74, 6) is 0.0889. The molecule has 3 N–H and O–H groups in total. The smallest absolute Gasteiger partial charge is 0.407 e. The summed E-state index contributed by atoms with van der Waals surface area (Å²) in [5.41, 5.74) is 7.57. The van der Waals surface area contributed by atoms with Gasteiger partial charge in [0.15, 0.2) is 0 Å². The fourth-order valence-corrected chi connectivity index (χ4v) is 4.72. The molecule has 0 spiro atoms. The van der Waals surface area contributed by atoms with Crippen molar-refractivity contribution in [3.63, 3.8) is 0 Å². The summed E-state index contributed by atoms with van der Waals surface area (Å²) in [6.45, 7) is 2.02. The molecule has 0 unspecified atom stereocenters. The van der Waals surface area contributed by atoms with Gasteiger partial charge in [-0.2, -0.15) is 5.26 Å². The van der Waals surface area contributed by atoms with Crippen LogP contribution in [0.4, 0.5) is 9.18 Å². The van der Waals surface area contributed by atoms with Gasteiger partial charge in [0.1, 0.15) is 17.6 Å². The van der Waals surface area contributed by atoms with Crippen LogP contribution in [-0.2, 0) is 11.2 Å². The molecule has 0 bridgehead atoms. The van der Waals surface area contributed by atoms with Crippen LogP contribution in [0.5, 0.6) is 5.75 Å². The molecule has 2 atom stereocenters.